The number of amides is 1. The van der Waals surface area contributed by atoms with Crippen LogP contribution in [0, 0.1) is 6.92 Å². The van der Waals surface area contributed by atoms with E-state index in [-0.39, 0.29) is 15.5 Å². The lowest BCUT2D eigenvalue weighted by Crippen LogP contribution is -2.17. The maximum atomic E-state index is 12.3. The molecule has 112 valence electrons. The highest BCUT2D eigenvalue weighted by Gasteiger charge is 2.20. The molecule has 0 aliphatic heterocycles. The summed E-state index contributed by atoms with van der Waals surface area (Å²) in [5.74, 6) is -0.646. The van der Waals surface area contributed by atoms with Gasteiger partial charge in [0.15, 0.2) is 0 Å². The Labute approximate surface area is 127 Å². The fourth-order valence-electron chi connectivity index (χ4n) is 1.77. The molecule has 0 saturated carbocycles. The molecule has 0 spiro atoms. The van der Waals surface area contributed by atoms with Gasteiger partial charge in [-0.1, -0.05) is 24.6 Å². The number of benzene rings is 1. The van der Waals surface area contributed by atoms with E-state index in [0.717, 1.165) is 10.4 Å². The summed E-state index contributed by atoms with van der Waals surface area (Å²) in [6, 6.07) is 8.11. The van der Waals surface area contributed by atoms with Gasteiger partial charge in [-0.15, -0.1) is 11.3 Å². The van der Waals surface area contributed by atoms with E-state index in [1.807, 2.05) is 13.8 Å². The summed E-state index contributed by atoms with van der Waals surface area (Å²) in [5.41, 5.74) is 6.46. The van der Waals surface area contributed by atoms with E-state index in [2.05, 4.69) is 4.72 Å². The minimum atomic E-state index is -3.73. The van der Waals surface area contributed by atoms with Gasteiger partial charge in [-0.05, 0) is 31.5 Å². The topological polar surface area (TPSA) is 89.3 Å². The van der Waals surface area contributed by atoms with E-state index >= 15 is 0 Å². The van der Waals surface area contributed by atoms with Crippen LogP contribution in [0.4, 0.5) is 5.00 Å². The van der Waals surface area contributed by atoms with Crippen LogP contribution in [-0.4, -0.2) is 14.3 Å². The molecule has 0 unspecified atom stereocenters. The summed E-state index contributed by atoms with van der Waals surface area (Å²) in [7, 11) is -3.73. The van der Waals surface area contributed by atoms with E-state index in [1.54, 1.807) is 18.2 Å². The summed E-state index contributed by atoms with van der Waals surface area (Å²) >= 11 is 1.22. The zero-order valence-corrected chi connectivity index (χ0v) is 13.3. The van der Waals surface area contributed by atoms with Crippen LogP contribution in [0.15, 0.2) is 35.2 Å². The van der Waals surface area contributed by atoms with Gasteiger partial charge in [-0.25, -0.2) is 8.42 Å². The van der Waals surface area contributed by atoms with E-state index in [0.29, 0.717) is 6.42 Å². The molecule has 0 bridgehead atoms. The Morgan fingerprint density at radius 3 is 2.43 bits per heavy atom. The van der Waals surface area contributed by atoms with Crippen molar-refractivity contribution in [3.05, 3.63) is 46.3 Å². The molecule has 0 saturated heterocycles. The third kappa shape index (κ3) is 3.43. The van der Waals surface area contributed by atoms with Crippen molar-refractivity contribution in [3.63, 3.8) is 0 Å². The molecule has 7 heteroatoms. The van der Waals surface area contributed by atoms with Crippen molar-refractivity contribution in [1.82, 2.24) is 0 Å². The van der Waals surface area contributed by atoms with Crippen molar-refractivity contribution >= 4 is 32.3 Å². The molecular weight excluding hydrogens is 308 g/mol. The van der Waals surface area contributed by atoms with Gasteiger partial charge in [0.05, 0.1) is 10.5 Å². The van der Waals surface area contributed by atoms with Crippen LogP contribution in [0.1, 0.15) is 27.7 Å². The second-order valence-electron chi connectivity index (χ2n) is 4.59. The Morgan fingerprint density at radius 2 is 1.90 bits per heavy atom. The van der Waals surface area contributed by atoms with Crippen molar-refractivity contribution in [2.75, 3.05) is 4.72 Å². The number of carbonyl (C=O) groups is 1. The first kappa shape index (κ1) is 15.5. The number of carbonyl (C=O) groups excluding carboxylic acids is 1. The Morgan fingerprint density at radius 1 is 1.29 bits per heavy atom. The Hall–Kier alpha value is -1.86. The number of sulfonamides is 1. The number of anilines is 1. The van der Waals surface area contributed by atoms with Crippen LogP contribution in [0.2, 0.25) is 0 Å². The largest absolute Gasteiger partial charge is 0.366 e. The molecule has 1 heterocycles. The van der Waals surface area contributed by atoms with Gasteiger partial charge in [0.1, 0.15) is 5.00 Å². The minimum absolute atomic E-state index is 0.148. The predicted octanol–water partition coefficient (Wildman–Crippen LogP) is 2.52. The monoisotopic (exact) mass is 324 g/mol. The number of rotatable bonds is 5. The third-order valence-corrected chi connectivity index (χ3v) is 5.65. The summed E-state index contributed by atoms with van der Waals surface area (Å²) in [5, 5.41) is 0.264. The van der Waals surface area contributed by atoms with Crippen LogP contribution in [0.25, 0.3) is 0 Å². The van der Waals surface area contributed by atoms with Crippen LogP contribution >= 0.6 is 11.3 Å². The fourth-order valence-corrected chi connectivity index (χ4v) is 4.09. The average Bonchev–Trinajstić information content (AvgIpc) is 2.81. The molecule has 0 radical (unpaired) electrons. The lowest BCUT2D eigenvalue weighted by molar-refractivity contribution is 0.100. The zero-order valence-electron chi connectivity index (χ0n) is 11.7. The molecule has 0 fully saturated rings. The number of nitrogens with two attached hydrogens (primary N) is 1. The van der Waals surface area contributed by atoms with E-state index in [1.165, 1.54) is 23.5 Å². The third-order valence-electron chi connectivity index (χ3n) is 2.96. The van der Waals surface area contributed by atoms with Crippen LogP contribution in [0.3, 0.4) is 0 Å². The number of aryl methyl sites for hydroxylation is 2. The van der Waals surface area contributed by atoms with Gasteiger partial charge in [0, 0.05) is 4.88 Å². The summed E-state index contributed by atoms with van der Waals surface area (Å²) in [6.07, 6.45) is 0.706. The summed E-state index contributed by atoms with van der Waals surface area (Å²) < 4.78 is 27.1. The molecule has 5 nitrogen and oxygen atoms in total. The smallest absolute Gasteiger partial charge is 0.262 e. The van der Waals surface area contributed by atoms with Crippen molar-refractivity contribution in [2.24, 2.45) is 5.73 Å². The van der Waals surface area contributed by atoms with Crippen molar-refractivity contribution < 1.29 is 13.2 Å². The zero-order chi connectivity index (χ0) is 15.6. The molecule has 1 aromatic carbocycles. The maximum Gasteiger partial charge on any atom is 0.262 e. The first-order chi connectivity index (χ1) is 9.83. The Kier molecular flexibility index (Phi) is 4.34. The summed E-state index contributed by atoms with van der Waals surface area (Å²) in [4.78, 5) is 12.5. The maximum absolute atomic E-state index is 12.3. The van der Waals surface area contributed by atoms with Gasteiger partial charge in [0.2, 0.25) is 0 Å². The molecular formula is C14H16N2O3S2. The molecule has 0 aliphatic rings. The fraction of sp³-hybridized carbons (Fsp3) is 0.214. The first-order valence-electron chi connectivity index (χ1n) is 6.35. The highest BCUT2D eigenvalue weighted by Crippen LogP contribution is 2.30. The molecule has 1 amide bonds. The molecule has 21 heavy (non-hydrogen) atoms. The van der Waals surface area contributed by atoms with Crippen molar-refractivity contribution in [3.8, 4) is 0 Å². The van der Waals surface area contributed by atoms with Gasteiger partial charge >= 0.3 is 0 Å². The van der Waals surface area contributed by atoms with Crippen LogP contribution in [-0.2, 0) is 16.4 Å². The van der Waals surface area contributed by atoms with E-state index < -0.39 is 15.9 Å². The number of thiophene rings is 1. The second kappa shape index (κ2) is 5.87. The normalized spacial score (nSPS) is 11.3. The van der Waals surface area contributed by atoms with Gasteiger partial charge in [0.25, 0.3) is 15.9 Å². The predicted molar refractivity (Wildman–Crippen MR) is 84.2 cm³/mol. The highest BCUT2D eigenvalue weighted by molar-refractivity contribution is 7.93. The Balaban J connectivity index is 2.38. The number of primary amides is 1. The molecule has 3 N–H and O–H groups in total. The highest BCUT2D eigenvalue weighted by atomic mass is 32.2. The molecule has 2 rings (SSSR count). The number of hydrogen-bond donors (Lipinski definition) is 2. The molecule has 0 atom stereocenters. The Bertz CT molecular complexity index is 762. The molecule has 2 aromatic rings. The van der Waals surface area contributed by atoms with Crippen molar-refractivity contribution in [1.29, 1.82) is 0 Å². The number of nitrogens with one attached hydrogen (secondary N) is 1. The second-order valence-corrected chi connectivity index (χ2v) is 7.41. The van der Waals surface area contributed by atoms with E-state index in [4.69, 9.17) is 5.73 Å². The molecule has 1 aromatic heterocycles. The molecule has 0 aliphatic carbocycles. The van der Waals surface area contributed by atoms with Gasteiger partial charge < -0.3 is 5.73 Å². The minimum Gasteiger partial charge on any atom is -0.366 e. The van der Waals surface area contributed by atoms with Gasteiger partial charge in [-0.3, -0.25) is 9.52 Å². The lowest BCUT2D eigenvalue weighted by Gasteiger charge is -2.07. The first-order valence-corrected chi connectivity index (χ1v) is 8.65. The standard InChI is InChI=1S/C14H16N2O3S2/c1-3-10-8-12(13(15)17)14(20-10)16-21(18,19)11-6-4-9(2)5-7-11/h4-8,16H,3H2,1-2H3,(H2,15,17). The van der Waals surface area contributed by atoms with Crippen LogP contribution < -0.4 is 10.5 Å². The summed E-state index contributed by atoms with van der Waals surface area (Å²) in [6.45, 7) is 3.80. The van der Waals surface area contributed by atoms with Crippen molar-refractivity contribution in [2.45, 2.75) is 25.2 Å². The van der Waals surface area contributed by atoms with Gasteiger partial charge in [-0.2, -0.15) is 0 Å². The number of hydrogen-bond acceptors (Lipinski definition) is 4. The SMILES string of the molecule is CCc1cc(C(N)=O)c(NS(=O)(=O)c2ccc(C)cc2)s1. The average molecular weight is 324 g/mol. The van der Waals surface area contributed by atoms with E-state index in [9.17, 15) is 13.2 Å². The lowest BCUT2D eigenvalue weighted by atomic mass is 10.2. The van der Waals surface area contributed by atoms with Crippen LogP contribution in [0.5, 0.6) is 0 Å². The quantitative estimate of drug-likeness (QED) is 0.885.